The summed E-state index contributed by atoms with van der Waals surface area (Å²) in [7, 11) is 0. The van der Waals surface area contributed by atoms with Crippen molar-refractivity contribution in [3.63, 3.8) is 0 Å². The number of benzene rings is 1. The summed E-state index contributed by atoms with van der Waals surface area (Å²) in [5.41, 5.74) is 0.464. The normalized spacial score (nSPS) is 18.3. The molecule has 1 aromatic carbocycles. The van der Waals surface area contributed by atoms with Crippen LogP contribution in [0.5, 0.6) is 0 Å². The molecule has 1 heterocycles. The van der Waals surface area contributed by atoms with Crippen LogP contribution in [0, 0.1) is 5.41 Å². The number of carbonyl (C=O) groups is 2. The first-order valence-corrected chi connectivity index (χ1v) is 8.69. The van der Waals surface area contributed by atoms with E-state index in [4.69, 9.17) is 5.11 Å². The Bertz CT molecular complexity index is 557. The van der Waals surface area contributed by atoms with E-state index in [1.165, 1.54) is 0 Å². The highest BCUT2D eigenvalue weighted by molar-refractivity contribution is 5.97. The Kier molecular flexibility index (Phi) is 6.37. The maximum absolute atomic E-state index is 12.7. The molecule has 2 rings (SSSR count). The fraction of sp³-hybridized carbons (Fsp3) is 0.579. The summed E-state index contributed by atoms with van der Waals surface area (Å²) >= 11 is 0. The largest absolute Gasteiger partial charge is 0.396 e. The van der Waals surface area contributed by atoms with E-state index >= 15 is 0 Å². The molecule has 2 amide bonds. The van der Waals surface area contributed by atoms with Gasteiger partial charge in [-0.25, -0.2) is 0 Å². The summed E-state index contributed by atoms with van der Waals surface area (Å²) in [6.07, 6.45) is 3.21. The van der Waals surface area contributed by atoms with Crippen LogP contribution in [0.25, 0.3) is 0 Å². The highest BCUT2D eigenvalue weighted by atomic mass is 16.3. The van der Waals surface area contributed by atoms with Crippen molar-refractivity contribution in [3.05, 3.63) is 35.9 Å². The van der Waals surface area contributed by atoms with E-state index in [1.807, 2.05) is 32.0 Å². The molecule has 5 heteroatoms. The van der Waals surface area contributed by atoms with Gasteiger partial charge < -0.3 is 15.3 Å². The van der Waals surface area contributed by atoms with Gasteiger partial charge >= 0.3 is 0 Å². The third-order valence-corrected chi connectivity index (χ3v) is 4.62. The van der Waals surface area contributed by atoms with Gasteiger partial charge in [-0.1, -0.05) is 32.0 Å². The van der Waals surface area contributed by atoms with Crippen molar-refractivity contribution < 1.29 is 14.7 Å². The maximum Gasteiger partial charge on any atom is 0.254 e. The molecule has 0 bridgehead atoms. The molecule has 24 heavy (non-hydrogen) atoms. The molecule has 0 aliphatic carbocycles. The summed E-state index contributed by atoms with van der Waals surface area (Å²) in [6.45, 7) is 5.24. The predicted octanol–water partition coefficient (Wildman–Crippen LogP) is 2.21. The Morgan fingerprint density at radius 1 is 1.25 bits per heavy atom. The lowest BCUT2D eigenvalue weighted by atomic mass is 9.89. The van der Waals surface area contributed by atoms with Crippen molar-refractivity contribution >= 4 is 11.8 Å². The van der Waals surface area contributed by atoms with Crippen molar-refractivity contribution in [2.24, 2.45) is 5.41 Å². The molecule has 1 aromatic rings. The number of hydrogen-bond donors (Lipinski definition) is 2. The second kappa shape index (κ2) is 8.29. The number of rotatable bonds is 6. The van der Waals surface area contributed by atoms with Gasteiger partial charge in [-0.15, -0.1) is 0 Å². The van der Waals surface area contributed by atoms with Gasteiger partial charge in [-0.2, -0.15) is 0 Å². The van der Waals surface area contributed by atoms with Crippen molar-refractivity contribution in [2.75, 3.05) is 19.7 Å². The molecule has 5 nitrogen and oxygen atoms in total. The van der Waals surface area contributed by atoms with Gasteiger partial charge in [0.15, 0.2) is 0 Å². The minimum absolute atomic E-state index is 0.0786. The summed E-state index contributed by atoms with van der Waals surface area (Å²) in [4.78, 5) is 27.1. The average molecular weight is 332 g/mol. The first-order valence-electron chi connectivity index (χ1n) is 8.69. The monoisotopic (exact) mass is 332 g/mol. The van der Waals surface area contributed by atoms with E-state index < -0.39 is 6.04 Å². The number of amides is 2. The molecule has 132 valence electrons. The second-order valence-electron chi connectivity index (χ2n) is 7.23. The molecular formula is C19H28N2O3. The van der Waals surface area contributed by atoms with Crippen LogP contribution in [0.2, 0.25) is 0 Å². The second-order valence-corrected chi connectivity index (χ2v) is 7.23. The quantitative estimate of drug-likeness (QED) is 0.839. The maximum atomic E-state index is 12.7. The van der Waals surface area contributed by atoms with Crippen LogP contribution >= 0.6 is 0 Å². The van der Waals surface area contributed by atoms with E-state index in [0.717, 1.165) is 12.8 Å². The molecule has 1 aliphatic heterocycles. The topological polar surface area (TPSA) is 69.6 Å². The van der Waals surface area contributed by atoms with Crippen LogP contribution in [-0.4, -0.2) is 47.6 Å². The van der Waals surface area contributed by atoms with E-state index in [-0.39, 0.29) is 23.8 Å². The molecule has 0 radical (unpaired) electrons. The van der Waals surface area contributed by atoms with Gasteiger partial charge in [0, 0.05) is 25.3 Å². The Hall–Kier alpha value is -1.88. The number of aliphatic hydroxyl groups is 1. The van der Waals surface area contributed by atoms with Gasteiger partial charge in [0.1, 0.15) is 6.04 Å². The summed E-state index contributed by atoms with van der Waals surface area (Å²) < 4.78 is 0. The zero-order valence-electron chi connectivity index (χ0n) is 14.6. The zero-order chi connectivity index (χ0) is 17.6. The summed E-state index contributed by atoms with van der Waals surface area (Å²) in [5, 5.41) is 12.1. The van der Waals surface area contributed by atoms with Crippen molar-refractivity contribution in [2.45, 2.75) is 45.6 Å². The number of nitrogens with one attached hydrogen (secondary N) is 1. The number of carbonyl (C=O) groups excluding carboxylic acids is 2. The van der Waals surface area contributed by atoms with E-state index in [0.29, 0.717) is 31.5 Å². The predicted molar refractivity (Wildman–Crippen MR) is 93.6 cm³/mol. The van der Waals surface area contributed by atoms with Gasteiger partial charge in [0.05, 0.1) is 0 Å². The molecule has 1 unspecified atom stereocenters. The number of nitrogens with zero attached hydrogens (tertiary/aromatic N) is 1. The first-order chi connectivity index (χ1) is 11.4. The number of aliphatic hydroxyl groups excluding tert-OH is 1. The fourth-order valence-electron chi connectivity index (χ4n) is 3.03. The van der Waals surface area contributed by atoms with E-state index in [1.54, 1.807) is 17.0 Å². The fourth-order valence-corrected chi connectivity index (χ4v) is 3.03. The summed E-state index contributed by atoms with van der Waals surface area (Å²) in [6, 6.07) is 8.72. The summed E-state index contributed by atoms with van der Waals surface area (Å²) in [5.74, 6) is -0.171. The van der Waals surface area contributed by atoms with Gasteiger partial charge in [-0.3, -0.25) is 9.59 Å². The Morgan fingerprint density at radius 2 is 1.96 bits per heavy atom. The zero-order valence-corrected chi connectivity index (χ0v) is 14.6. The minimum atomic E-state index is -0.406. The smallest absolute Gasteiger partial charge is 0.254 e. The highest BCUT2D eigenvalue weighted by Crippen LogP contribution is 2.22. The van der Waals surface area contributed by atoms with Crippen LogP contribution < -0.4 is 5.32 Å². The van der Waals surface area contributed by atoms with Crippen LogP contribution in [0.3, 0.4) is 0 Å². The average Bonchev–Trinajstić information content (AvgIpc) is 2.60. The molecule has 1 atom stereocenters. The molecule has 0 saturated carbocycles. The molecule has 0 spiro atoms. The van der Waals surface area contributed by atoms with Gasteiger partial charge in [-0.05, 0) is 43.2 Å². The minimum Gasteiger partial charge on any atom is -0.396 e. The van der Waals surface area contributed by atoms with Crippen LogP contribution in [0.15, 0.2) is 30.3 Å². The van der Waals surface area contributed by atoms with E-state index in [2.05, 4.69) is 5.32 Å². The Balaban J connectivity index is 2.03. The number of likely N-dealkylation sites (tertiary alicyclic amines) is 1. The van der Waals surface area contributed by atoms with Gasteiger partial charge in [0.25, 0.3) is 5.91 Å². The van der Waals surface area contributed by atoms with Gasteiger partial charge in [0.2, 0.25) is 5.91 Å². The SMILES string of the molecule is CC(C)(CCO)CNC(=O)C1CCCCN1C(=O)c1ccccc1. The molecule has 1 fully saturated rings. The Morgan fingerprint density at radius 3 is 2.62 bits per heavy atom. The van der Waals surface area contributed by atoms with Crippen molar-refractivity contribution in [1.29, 1.82) is 0 Å². The number of piperidine rings is 1. The van der Waals surface area contributed by atoms with E-state index in [9.17, 15) is 9.59 Å². The lowest BCUT2D eigenvalue weighted by Crippen LogP contribution is -2.53. The lowest BCUT2D eigenvalue weighted by molar-refractivity contribution is -0.127. The third kappa shape index (κ3) is 4.81. The van der Waals surface area contributed by atoms with Crippen molar-refractivity contribution in [1.82, 2.24) is 10.2 Å². The first kappa shape index (κ1) is 18.5. The molecule has 1 saturated heterocycles. The molecule has 0 aromatic heterocycles. The highest BCUT2D eigenvalue weighted by Gasteiger charge is 2.33. The molecule has 2 N–H and O–H groups in total. The standard InChI is InChI=1S/C19H28N2O3/c1-19(2,11-13-22)14-20-17(23)16-10-6-7-12-21(16)18(24)15-8-4-3-5-9-15/h3-5,8-9,16,22H,6-7,10-14H2,1-2H3,(H,20,23). The molecular weight excluding hydrogens is 304 g/mol. The Labute approximate surface area is 144 Å². The van der Waals surface area contributed by atoms with Crippen LogP contribution in [-0.2, 0) is 4.79 Å². The third-order valence-electron chi connectivity index (χ3n) is 4.62. The lowest BCUT2D eigenvalue weighted by Gasteiger charge is -2.35. The molecule has 1 aliphatic rings. The van der Waals surface area contributed by atoms with Crippen molar-refractivity contribution in [3.8, 4) is 0 Å². The van der Waals surface area contributed by atoms with Crippen LogP contribution in [0.1, 0.15) is 49.9 Å². The van der Waals surface area contributed by atoms with Crippen LogP contribution in [0.4, 0.5) is 0 Å². The number of hydrogen-bond acceptors (Lipinski definition) is 3.